The van der Waals surface area contributed by atoms with Crippen LogP contribution in [0.4, 0.5) is 13.2 Å². The van der Waals surface area contributed by atoms with E-state index in [1.54, 1.807) is 0 Å². The second-order valence-electron chi connectivity index (χ2n) is 2.78. The van der Waals surface area contributed by atoms with Gasteiger partial charge in [0.25, 0.3) is 0 Å². The fourth-order valence-electron chi connectivity index (χ4n) is 1.06. The molecule has 0 aliphatic carbocycles. The highest BCUT2D eigenvalue weighted by Crippen LogP contribution is 2.41. The lowest BCUT2D eigenvalue weighted by molar-refractivity contribution is -0.138. The van der Waals surface area contributed by atoms with Gasteiger partial charge in [-0.2, -0.15) is 13.2 Å². The lowest BCUT2D eigenvalue weighted by Gasteiger charge is -2.12. The molecule has 0 saturated carbocycles. The topological polar surface area (TPSA) is 75.7 Å². The molecular weight excluding hydrogens is 215 g/mol. The summed E-state index contributed by atoms with van der Waals surface area (Å²) in [6.07, 6.45) is -4.72. The van der Waals surface area contributed by atoms with Crippen LogP contribution in [0.5, 0.6) is 11.5 Å². The zero-order valence-electron chi connectivity index (χ0n) is 7.38. The third-order valence-electron chi connectivity index (χ3n) is 1.78. The molecule has 0 bridgehead atoms. The van der Waals surface area contributed by atoms with Crippen LogP contribution in [-0.2, 0) is 17.6 Å². The van der Waals surface area contributed by atoms with Gasteiger partial charge in [-0.05, 0) is 6.07 Å². The van der Waals surface area contributed by atoms with Gasteiger partial charge < -0.3 is 10.2 Å². The Bertz CT molecular complexity index is 365. The van der Waals surface area contributed by atoms with E-state index in [0.29, 0.717) is 6.07 Å². The Labute approximate surface area is 82.7 Å². The monoisotopic (exact) mass is 223 g/mol. The molecule has 1 aromatic carbocycles. The molecule has 0 aliphatic rings. The maximum absolute atomic E-state index is 12.2. The highest BCUT2D eigenvalue weighted by Gasteiger charge is 2.35. The molecule has 0 unspecified atom stereocenters. The van der Waals surface area contributed by atoms with Gasteiger partial charge in [-0.1, -0.05) is 6.07 Å². The highest BCUT2D eigenvalue weighted by molar-refractivity contribution is 5.50. The van der Waals surface area contributed by atoms with E-state index in [1.807, 2.05) is 0 Å². The highest BCUT2D eigenvalue weighted by atomic mass is 19.4. The van der Waals surface area contributed by atoms with Crippen molar-refractivity contribution in [1.29, 1.82) is 0 Å². The van der Waals surface area contributed by atoms with E-state index in [4.69, 9.17) is 5.11 Å². The minimum absolute atomic E-state index is 0.0250. The Kier molecular flexibility index (Phi) is 3.06. The lowest BCUT2D eigenvalue weighted by atomic mass is 10.1. The maximum atomic E-state index is 12.2. The summed E-state index contributed by atoms with van der Waals surface area (Å²) in [5.41, 5.74) is -1.33. The van der Waals surface area contributed by atoms with E-state index < -0.39 is 23.2 Å². The van der Waals surface area contributed by atoms with Gasteiger partial charge in [-0.3, -0.25) is 4.84 Å². The smallest absolute Gasteiger partial charge is 0.420 e. The van der Waals surface area contributed by atoms with Gasteiger partial charge >= 0.3 is 6.18 Å². The fourth-order valence-corrected chi connectivity index (χ4v) is 1.06. The standard InChI is InChI=1S/C8H8F3NO3/c9-8(10,11)5-2-1-4(3-15-12)6(13)7(5)14/h1-2,13-14H,3,12H2. The van der Waals surface area contributed by atoms with E-state index in [1.165, 1.54) is 0 Å². The summed E-state index contributed by atoms with van der Waals surface area (Å²) in [6, 6.07) is 1.62. The Morgan fingerprint density at radius 1 is 1.20 bits per heavy atom. The predicted octanol–water partition coefficient (Wildman–Crippen LogP) is 1.51. The number of phenolic OH excluding ortho intramolecular Hbond substituents is 2. The molecule has 7 heteroatoms. The fraction of sp³-hybridized carbons (Fsp3) is 0.250. The van der Waals surface area contributed by atoms with Crippen molar-refractivity contribution < 1.29 is 28.2 Å². The molecule has 1 aromatic rings. The molecule has 0 atom stereocenters. The van der Waals surface area contributed by atoms with Gasteiger partial charge in [0.1, 0.15) is 5.56 Å². The van der Waals surface area contributed by atoms with Crippen LogP contribution < -0.4 is 5.90 Å². The van der Waals surface area contributed by atoms with Gasteiger partial charge in [0.05, 0.1) is 6.61 Å². The molecule has 15 heavy (non-hydrogen) atoms. The molecule has 4 N–H and O–H groups in total. The van der Waals surface area contributed by atoms with E-state index in [-0.39, 0.29) is 12.2 Å². The largest absolute Gasteiger partial charge is 0.504 e. The minimum atomic E-state index is -4.72. The zero-order chi connectivity index (χ0) is 11.6. The van der Waals surface area contributed by atoms with Crippen LogP contribution in [-0.4, -0.2) is 10.2 Å². The third kappa shape index (κ3) is 2.31. The van der Waals surface area contributed by atoms with Crippen LogP contribution >= 0.6 is 0 Å². The average Bonchev–Trinajstić information content (AvgIpc) is 2.11. The van der Waals surface area contributed by atoms with E-state index in [9.17, 15) is 18.3 Å². The summed E-state index contributed by atoms with van der Waals surface area (Å²) < 4.78 is 36.7. The lowest BCUT2D eigenvalue weighted by Crippen LogP contribution is -2.06. The number of phenols is 2. The quantitative estimate of drug-likeness (QED) is 0.524. The van der Waals surface area contributed by atoms with Gasteiger partial charge in [-0.15, -0.1) is 0 Å². The Balaban J connectivity index is 3.21. The second-order valence-corrected chi connectivity index (χ2v) is 2.78. The maximum Gasteiger partial charge on any atom is 0.420 e. The van der Waals surface area contributed by atoms with Crippen LogP contribution in [0.1, 0.15) is 11.1 Å². The van der Waals surface area contributed by atoms with Gasteiger partial charge in [-0.25, -0.2) is 5.90 Å². The number of alkyl halides is 3. The molecule has 0 aromatic heterocycles. The molecule has 0 heterocycles. The van der Waals surface area contributed by atoms with Crippen molar-refractivity contribution in [2.24, 2.45) is 5.90 Å². The van der Waals surface area contributed by atoms with Crippen LogP contribution in [0.25, 0.3) is 0 Å². The van der Waals surface area contributed by atoms with Crippen LogP contribution in [0.2, 0.25) is 0 Å². The van der Waals surface area contributed by atoms with Crippen molar-refractivity contribution in [3.8, 4) is 11.5 Å². The van der Waals surface area contributed by atoms with Crippen molar-refractivity contribution in [3.63, 3.8) is 0 Å². The van der Waals surface area contributed by atoms with Crippen molar-refractivity contribution >= 4 is 0 Å². The number of rotatable bonds is 2. The average molecular weight is 223 g/mol. The first-order valence-corrected chi connectivity index (χ1v) is 3.80. The van der Waals surface area contributed by atoms with Crippen LogP contribution in [0.15, 0.2) is 12.1 Å². The number of halogens is 3. The van der Waals surface area contributed by atoms with Crippen LogP contribution in [0.3, 0.4) is 0 Å². The molecule has 0 saturated heterocycles. The van der Waals surface area contributed by atoms with Crippen LogP contribution in [0, 0.1) is 0 Å². The first-order chi connectivity index (χ1) is 6.88. The molecule has 0 radical (unpaired) electrons. The van der Waals surface area contributed by atoms with Crippen molar-refractivity contribution in [2.45, 2.75) is 12.8 Å². The molecular formula is C8H8F3NO3. The summed E-state index contributed by atoms with van der Waals surface area (Å²) in [6.45, 7) is -0.294. The molecule has 4 nitrogen and oxygen atoms in total. The van der Waals surface area contributed by atoms with Crippen molar-refractivity contribution in [2.75, 3.05) is 0 Å². The third-order valence-corrected chi connectivity index (χ3v) is 1.78. The zero-order valence-corrected chi connectivity index (χ0v) is 7.38. The number of aromatic hydroxyl groups is 2. The number of benzene rings is 1. The van der Waals surface area contributed by atoms with E-state index >= 15 is 0 Å². The Hall–Kier alpha value is -1.47. The molecule has 0 spiro atoms. The predicted molar refractivity (Wildman–Crippen MR) is 43.8 cm³/mol. The normalized spacial score (nSPS) is 11.7. The van der Waals surface area contributed by atoms with Crippen molar-refractivity contribution in [3.05, 3.63) is 23.3 Å². The molecule has 84 valence electrons. The second kappa shape index (κ2) is 3.95. The first kappa shape index (κ1) is 11.6. The van der Waals surface area contributed by atoms with Gasteiger partial charge in [0, 0.05) is 5.56 Å². The summed E-state index contributed by atoms with van der Waals surface area (Å²) in [4.78, 5) is 4.14. The summed E-state index contributed by atoms with van der Waals surface area (Å²) >= 11 is 0. The number of hydrogen-bond donors (Lipinski definition) is 3. The van der Waals surface area contributed by atoms with Gasteiger partial charge in [0.15, 0.2) is 11.5 Å². The van der Waals surface area contributed by atoms with E-state index in [2.05, 4.69) is 10.7 Å². The summed E-state index contributed by atoms with van der Waals surface area (Å²) in [5.74, 6) is 2.58. The molecule has 0 amide bonds. The number of hydrogen-bond acceptors (Lipinski definition) is 4. The summed E-state index contributed by atoms with van der Waals surface area (Å²) in [7, 11) is 0. The Morgan fingerprint density at radius 2 is 1.80 bits per heavy atom. The van der Waals surface area contributed by atoms with Gasteiger partial charge in [0.2, 0.25) is 0 Å². The SMILES string of the molecule is NOCc1ccc(C(F)(F)F)c(O)c1O. The first-order valence-electron chi connectivity index (χ1n) is 3.80. The Morgan fingerprint density at radius 3 is 2.27 bits per heavy atom. The van der Waals surface area contributed by atoms with Crippen molar-refractivity contribution in [1.82, 2.24) is 0 Å². The minimum Gasteiger partial charge on any atom is -0.504 e. The van der Waals surface area contributed by atoms with E-state index in [0.717, 1.165) is 6.07 Å². The number of nitrogens with two attached hydrogens (primary N) is 1. The molecule has 1 rings (SSSR count). The summed E-state index contributed by atoms with van der Waals surface area (Å²) in [5, 5.41) is 18.3. The molecule has 0 fully saturated rings. The molecule has 0 aliphatic heterocycles.